The summed E-state index contributed by atoms with van der Waals surface area (Å²) in [7, 11) is 0. The van der Waals surface area contributed by atoms with Gasteiger partial charge in [-0.05, 0) is 34.7 Å². The Kier molecular flexibility index (Phi) is 3.58. The Morgan fingerprint density at radius 3 is 1.92 bits per heavy atom. The molecule has 2 aliphatic heterocycles. The molecule has 9 rings (SSSR count). The summed E-state index contributed by atoms with van der Waals surface area (Å²) in [6.45, 7) is 0.0119. The molecule has 2 aromatic heterocycles. The van der Waals surface area contributed by atoms with Crippen LogP contribution in [0.1, 0.15) is 0 Å². The molecule has 0 saturated heterocycles. The lowest BCUT2D eigenvalue weighted by Gasteiger charge is -2.33. The summed E-state index contributed by atoms with van der Waals surface area (Å²) in [6.07, 6.45) is 0. The van der Waals surface area contributed by atoms with Gasteiger partial charge in [-0.25, -0.2) is 9.97 Å². The molecule has 7 aromatic rings. The Bertz CT molecular complexity index is 2040. The smallest absolute Gasteiger partial charge is 0.334 e. The van der Waals surface area contributed by atoms with Crippen molar-refractivity contribution in [3.05, 3.63) is 115 Å². The summed E-state index contributed by atoms with van der Waals surface area (Å²) in [5.74, 6) is 1.98. The van der Waals surface area contributed by atoms with Crippen molar-refractivity contribution in [3.8, 4) is 39.6 Å². The van der Waals surface area contributed by atoms with E-state index >= 15 is 0 Å². The van der Waals surface area contributed by atoms with Crippen LogP contribution in [-0.4, -0.2) is 25.9 Å². The van der Waals surface area contributed by atoms with Crippen molar-refractivity contribution in [3.63, 3.8) is 0 Å². The maximum atomic E-state index is 5.20. The molecule has 0 spiro atoms. The van der Waals surface area contributed by atoms with Gasteiger partial charge in [0.25, 0.3) is 0 Å². The van der Waals surface area contributed by atoms with Crippen LogP contribution in [0.15, 0.2) is 115 Å². The van der Waals surface area contributed by atoms with E-state index in [9.17, 15) is 0 Å². The van der Waals surface area contributed by atoms with Gasteiger partial charge in [-0.3, -0.25) is 4.57 Å². The number of para-hydroxylation sites is 2. The van der Waals surface area contributed by atoms with E-state index < -0.39 is 0 Å². The average Bonchev–Trinajstić information content (AvgIpc) is 3.55. The van der Waals surface area contributed by atoms with Gasteiger partial charge in [0.15, 0.2) is 0 Å². The van der Waals surface area contributed by atoms with E-state index in [2.05, 4.69) is 124 Å². The molecule has 5 aromatic carbocycles. The third kappa shape index (κ3) is 2.39. The van der Waals surface area contributed by atoms with E-state index in [1.165, 1.54) is 38.8 Å². The van der Waals surface area contributed by atoms with Crippen molar-refractivity contribution in [2.45, 2.75) is 0 Å². The Morgan fingerprint density at radius 1 is 0.514 bits per heavy atom. The first kappa shape index (κ1) is 19.3. The maximum Gasteiger partial charge on any atom is 0.334 e. The molecule has 0 amide bonds. The van der Waals surface area contributed by atoms with Gasteiger partial charge in [-0.2, -0.15) is 0 Å². The molecule has 0 N–H and O–H groups in total. The van der Waals surface area contributed by atoms with Crippen LogP contribution in [0, 0.1) is 0 Å². The predicted octanol–water partition coefficient (Wildman–Crippen LogP) is 5.66. The molecule has 0 fully saturated rings. The average molecular weight is 470 g/mol. The van der Waals surface area contributed by atoms with Gasteiger partial charge in [-0.1, -0.05) is 97.1 Å². The molecule has 170 valence electrons. The maximum absolute atomic E-state index is 5.20. The van der Waals surface area contributed by atoms with Crippen molar-refractivity contribution in [1.82, 2.24) is 19.0 Å². The van der Waals surface area contributed by atoms with Gasteiger partial charge in [0.05, 0.1) is 22.1 Å². The van der Waals surface area contributed by atoms with E-state index in [0.29, 0.717) is 0 Å². The largest absolute Gasteiger partial charge is 0.359 e. The molecule has 0 saturated carbocycles. The van der Waals surface area contributed by atoms with Gasteiger partial charge in [0, 0.05) is 22.4 Å². The monoisotopic (exact) mass is 470 g/mol. The molecule has 0 bridgehead atoms. The number of fused-ring (bicyclic) bond motifs is 4. The van der Waals surface area contributed by atoms with Gasteiger partial charge in [0.2, 0.25) is 0 Å². The quantitative estimate of drug-likeness (QED) is 0.306. The second kappa shape index (κ2) is 6.86. The minimum Gasteiger partial charge on any atom is -0.359 e. The summed E-state index contributed by atoms with van der Waals surface area (Å²) in [4.78, 5) is 10.4. The van der Waals surface area contributed by atoms with Gasteiger partial charge in [-0.15, -0.1) is 0 Å². The highest BCUT2D eigenvalue weighted by Gasteiger charge is 2.41. The number of benzene rings is 5. The summed E-state index contributed by atoms with van der Waals surface area (Å²) in [6, 6.07) is 40.8. The minimum absolute atomic E-state index is 0.0119. The molecule has 0 atom stereocenters. The standard InChI is InChI=1S/C32H19BN4/c1-3-10-20(11-4-1)31-34-26-18-9-16-24-30(26)36(31)27-19-8-14-22-23-15-7-17-25-29(23)37(33(24)28(22)27)32(35-25)21-12-5-2-6-13-21/h1-19H. The second-order valence-corrected chi connectivity index (χ2v) is 9.84. The molecule has 4 nitrogen and oxygen atoms in total. The first-order chi connectivity index (χ1) is 18.4. The lowest BCUT2D eigenvalue weighted by Crippen LogP contribution is -2.55. The Hall–Kier alpha value is -4.90. The van der Waals surface area contributed by atoms with Crippen molar-refractivity contribution >= 4 is 39.8 Å². The zero-order valence-corrected chi connectivity index (χ0v) is 19.8. The lowest BCUT2D eigenvalue weighted by atomic mass is 9.45. The number of imidazole rings is 2. The van der Waals surface area contributed by atoms with E-state index in [1.54, 1.807) is 0 Å². The highest BCUT2D eigenvalue weighted by atomic mass is 15.1. The van der Waals surface area contributed by atoms with Crippen LogP contribution < -0.4 is 10.9 Å². The van der Waals surface area contributed by atoms with E-state index in [-0.39, 0.29) is 6.85 Å². The van der Waals surface area contributed by atoms with Crippen LogP contribution in [0.3, 0.4) is 0 Å². The van der Waals surface area contributed by atoms with Crippen molar-refractivity contribution in [2.75, 3.05) is 0 Å². The van der Waals surface area contributed by atoms with Crippen LogP contribution in [0.25, 0.3) is 61.7 Å². The molecular weight excluding hydrogens is 451 g/mol. The van der Waals surface area contributed by atoms with Gasteiger partial charge < -0.3 is 4.48 Å². The number of hydrogen-bond acceptors (Lipinski definition) is 2. The predicted molar refractivity (Wildman–Crippen MR) is 151 cm³/mol. The minimum atomic E-state index is 0.0119. The van der Waals surface area contributed by atoms with Gasteiger partial charge in [0.1, 0.15) is 11.6 Å². The van der Waals surface area contributed by atoms with Crippen LogP contribution in [0.4, 0.5) is 0 Å². The summed E-state index contributed by atoms with van der Waals surface area (Å²) in [5.41, 5.74) is 12.9. The molecule has 0 unspecified atom stereocenters. The Morgan fingerprint density at radius 2 is 1.14 bits per heavy atom. The second-order valence-electron chi connectivity index (χ2n) is 9.84. The highest BCUT2D eigenvalue weighted by Crippen LogP contribution is 2.40. The fraction of sp³-hybridized carbons (Fsp3) is 0. The molecule has 37 heavy (non-hydrogen) atoms. The van der Waals surface area contributed by atoms with E-state index in [0.717, 1.165) is 33.8 Å². The van der Waals surface area contributed by atoms with Crippen LogP contribution in [0.2, 0.25) is 0 Å². The third-order valence-electron chi connectivity index (χ3n) is 7.92. The van der Waals surface area contributed by atoms with Gasteiger partial charge >= 0.3 is 6.85 Å². The number of nitrogens with zero attached hydrogens (tertiary/aromatic N) is 4. The SMILES string of the molecule is c1ccc(-c2nc3cccc4c3n2B2c3c-4cccc3-n3c(-c4ccccc4)nc4cccc2c43)cc1. The molecule has 5 heteroatoms. The Labute approximate surface area is 213 Å². The van der Waals surface area contributed by atoms with E-state index in [1.807, 2.05) is 0 Å². The number of hydrogen-bond donors (Lipinski definition) is 0. The zero-order valence-electron chi connectivity index (χ0n) is 19.8. The first-order valence-corrected chi connectivity index (χ1v) is 12.7. The normalized spacial score (nSPS) is 12.8. The fourth-order valence-corrected chi connectivity index (χ4v) is 6.49. The van der Waals surface area contributed by atoms with Crippen molar-refractivity contribution < 1.29 is 0 Å². The summed E-state index contributed by atoms with van der Waals surface area (Å²) >= 11 is 0. The number of rotatable bonds is 2. The molecule has 4 heterocycles. The lowest BCUT2D eigenvalue weighted by molar-refractivity contribution is 1.10. The zero-order chi connectivity index (χ0) is 24.1. The molecule has 0 radical (unpaired) electrons. The molecular formula is C32H19BN4. The first-order valence-electron chi connectivity index (χ1n) is 12.7. The number of aromatic nitrogens is 4. The summed E-state index contributed by atoms with van der Waals surface area (Å²) < 4.78 is 4.85. The van der Waals surface area contributed by atoms with Crippen molar-refractivity contribution in [1.29, 1.82) is 0 Å². The van der Waals surface area contributed by atoms with Crippen LogP contribution in [0.5, 0.6) is 0 Å². The topological polar surface area (TPSA) is 35.6 Å². The molecule has 0 aliphatic carbocycles. The molecule has 2 aliphatic rings. The van der Waals surface area contributed by atoms with E-state index in [4.69, 9.17) is 9.97 Å². The fourth-order valence-electron chi connectivity index (χ4n) is 6.49. The van der Waals surface area contributed by atoms with Crippen LogP contribution >= 0.6 is 0 Å². The Balaban J connectivity index is 1.47. The van der Waals surface area contributed by atoms with Crippen LogP contribution in [-0.2, 0) is 0 Å². The van der Waals surface area contributed by atoms with Crippen molar-refractivity contribution in [2.24, 2.45) is 0 Å². The highest BCUT2D eigenvalue weighted by molar-refractivity contribution is 6.89. The third-order valence-corrected chi connectivity index (χ3v) is 7.92. The summed E-state index contributed by atoms with van der Waals surface area (Å²) in [5, 5.41) is 0.